The maximum Gasteiger partial charge on any atom is 0.0457 e. The Labute approximate surface area is 119 Å². The van der Waals surface area contributed by atoms with Gasteiger partial charge in [-0.2, -0.15) is 0 Å². The van der Waals surface area contributed by atoms with E-state index in [0.717, 1.165) is 5.69 Å². The number of nitrogens with one attached hydrogen (secondary N) is 3. The van der Waals surface area contributed by atoms with Crippen molar-refractivity contribution in [3.63, 3.8) is 0 Å². The summed E-state index contributed by atoms with van der Waals surface area (Å²) in [5.41, 5.74) is 7.35. The lowest BCUT2D eigenvalue weighted by atomic mass is 10.0. The summed E-state index contributed by atoms with van der Waals surface area (Å²) >= 11 is 0. The van der Waals surface area contributed by atoms with Crippen molar-refractivity contribution >= 4 is 16.6 Å². The van der Waals surface area contributed by atoms with Gasteiger partial charge in [0, 0.05) is 40.1 Å². The minimum Gasteiger partial charge on any atom is -0.359 e. The molecule has 0 spiro atoms. The second-order valence-corrected chi connectivity index (χ2v) is 5.63. The van der Waals surface area contributed by atoms with Gasteiger partial charge in [0.05, 0.1) is 0 Å². The zero-order valence-corrected chi connectivity index (χ0v) is 11.9. The van der Waals surface area contributed by atoms with Crippen LogP contribution in [0, 0.1) is 12.8 Å². The van der Waals surface area contributed by atoms with Crippen LogP contribution in [0.1, 0.15) is 31.4 Å². The van der Waals surface area contributed by atoms with E-state index >= 15 is 0 Å². The van der Waals surface area contributed by atoms with Crippen LogP contribution in [0.15, 0.2) is 36.2 Å². The lowest BCUT2D eigenvalue weighted by Gasteiger charge is -2.17. The number of aromatic amines is 1. The molecular formula is C16H22N4. The van der Waals surface area contributed by atoms with Crippen molar-refractivity contribution in [1.29, 1.82) is 0 Å². The fraction of sp³-hybridized carbons (Fsp3) is 0.375. The molecule has 1 aliphatic rings. The molecule has 4 heteroatoms. The van der Waals surface area contributed by atoms with Crippen molar-refractivity contribution in [2.45, 2.75) is 32.6 Å². The van der Waals surface area contributed by atoms with Crippen molar-refractivity contribution < 1.29 is 0 Å². The highest BCUT2D eigenvalue weighted by atomic mass is 15.2. The van der Waals surface area contributed by atoms with Gasteiger partial charge < -0.3 is 15.7 Å². The second-order valence-electron chi connectivity index (χ2n) is 5.63. The first-order valence-electron chi connectivity index (χ1n) is 7.29. The van der Waals surface area contributed by atoms with Crippen LogP contribution >= 0.6 is 0 Å². The average Bonchev–Trinajstić information content (AvgIpc) is 3.05. The van der Waals surface area contributed by atoms with Crippen molar-refractivity contribution in [1.82, 2.24) is 10.4 Å². The molecule has 1 aliphatic carbocycles. The molecule has 0 saturated heterocycles. The standard InChI is InChI=1S/C16H22N4/c1-11-8-13-9-14(6-7-15(13)19-11)20-16(10-18-17)12-4-2-3-5-12/h6-10,12,18-20H,2-5,17H2,1H3/b16-10-. The van der Waals surface area contributed by atoms with Crippen LogP contribution in [0.3, 0.4) is 0 Å². The van der Waals surface area contributed by atoms with Crippen LogP contribution in [0.4, 0.5) is 5.69 Å². The Morgan fingerprint density at radius 1 is 1.30 bits per heavy atom. The highest BCUT2D eigenvalue weighted by molar-refractivity contribution is 5.84. The number of rotatable bonds is 4. The summed E-state index contributed by atoms with van der Waals surface area (Å²) in [5, 5.41) is 4.76. The number of hydrazine groups is 1. The van der Waals surface area contributed by atoms with Crippen molar-refractivity contribution in [2.75, 3.05) is 5.32 Å². The van der Waals surface area contributed by atoms with Crippen molar-refractivity contribution in [3.8, 4) is 0 Å². The summed E-state index contributed by atoms with van der Waals surface area (Å²) in [5.74, 6) is 6.07. The molecule has 1 aromatic carbocycles. The number of allylic oxidation sites excluding steroid dienone is 1. The molecule has 0 unspecified atom stereocenters. The molecule has 0 aliphatic heterocycles. The fourth-order valence-corrected chi connectivity index (χ4v) is 3.10. The number of hydrogen-bond donors (Lipinski definition) is 4. The van der Waals surface area contributed by atoms with Gasteiger partial charge >= 0.3 is 0 Å². The Morgan fingerprint density at radius 3 is 2.85 bits per heavy atom. The number of hydrogen-bond acceptors (Lipinski definition) is 3. The molecule has 0 bridgehead atoms. The topological polar surface area (TPSA) is 65.9 Å². The van der Waals surface area contributed by atoms with E-state index in [0.29, 0.717) is 5.92 Å². The average molecular weight is 270 g/mol. The molecule has 3 rings (SSSR count). The van der Waals surface area contributed by atoms with E-state index in [2.05, 4.69) is 46.9 Å². The molecule has 0 amide bonds. The zero-order valence-electron chi connectivity index (χ0n) is 11.9. The van der Waals surface area contributed by atoms with Gasteiger partial charge in [-0.15, -0.1) is 0 Å². The van der Waals surface area contributed by atoms with Gasteiger partial charge in [-0.25, -0.2) is 0 Å². The lowest BCUT2D eigenvalue weighted by molar-refractivity contribution is 0.639. The monoisotopic (exact) mass is 270 g/mol. The Bertz CT molecular complexity index is 620. The van der Waals surface area contributed by atoms with E-state index in [4.69, 9.17) is 5.84 Å². The molecule has 5 N–H and O–H groups in total. The van der Waals surface area contributed by atoms with E-state index in [9.17, 15) is 0 Å². The number of nitrogens with two attached hydrogens (primary N) is 1. The molecule has 0 radical (unpaired) electrons. The van der Waals surface area contributed by atoms with Crippen LogP contribution in [0.5, 0.6) is 0 Å². The summed E-state index contributed by atoms with van der Waals surface area (Å²) in [4.78, 5) is 3.34. The van der Waals surface area contributed by atoms with E-state index in [1.807, 2.05) is 6.20 Å². The third-order valence-electron chi connectivity index (χ3n) is 4.08. The van der Waals surface area contributed by atoms with Crippen molar-refractivity contribution in [3.05, 3.63) is 41.9 Å². The molecule has 2 aromatic rings. The van der Waals surface area contributed by atoms with Gasteiger partial charge in [-0.3, -0.25) is 5.84 Å². The van der Waals surface area contributed by atoms with Crippen LogP contribution in [0.2, 0.25) is 0 Å². The van der Waals surface area contributed by atoms with Crippen LogP contribution in [0.25, 0.3) is 10.9 Å². The van der Waals surface area contributed by atoms with Crippen LogP contribution in [-0.4, -0.2) is 4.98 Å². The van der Waals surface area contributed by atoms with Gasteiger partial charge in [-0.1, -0.05) is 12.8 Å². The maximum atomic E-state index is 5.47. The van der Waals surface area contributed by atoms with E-state index in [1.54, 1.807) is 0 Å². The number of aryl methyl sites for hydroxylation is 1. The molecular weight excluding hydrogens is 248 g/mol. The normalized spacial score (nSPS) is 16.8. The highest BCUT2D eigenvalue weighted by Crippen LogP contribution is 2.32. The first kappa shape index (κ1) is 13.1. The van der Waals surface area contributed by atoms with Gasteiger partial charge in [0.25, 0.3) is 0 Å². The molecule has 1 fully saturated rings. The molecule has 0 atom stereocenters. The summed E-state index contributed by atoms with van der Waals surface area (Å²) in [6, 6.07) is 8.57. The predicted molar refractivity (Wildman–Crippen MR) is 84.0 cm³/mol. The lowest BCUT2D eigenvalue weighted by Crippen LogP contribution is -2.19. The van der Waals surface area contributed by atoms with Crippen molar-refractivity contribution in [2.24, 2.45) is 11.8 Å². The molecule has 1 saturated carbocycles. The zero-order chi connectivity index (χ0) is 13.9. The van der Waals surface area contributed by atoms with Gasteiger partial charge in [-0.05, 0) is 44.0 Å². The maximum absolute atomic E-state index is 5.47. The third-order valence-corrected chi connectivity index (χ3v) is 4.08. The Morgan fingerprint density at radius 2 is 2.10 bits per heavy atom. The number of benzene rings is 1. The quantitative estimate of drug-likeness (QED) is 0.508. The molecule has 1 aromatic heterocycles. The Kier molecular flexibility index (Phi) is 3.65. The van der Waals surface area contributed by atoms with Crippen LogP contribution < -0.4 is 16.6 Å². The van der Waals surface area contributed by atoms with Gasteiger partial charge in [0.15, 0.2) is 0 Å². The molecule has 106 valence electrons. The first-order chi connectivity index (χ1) is 9.76. The summed E-state index contributed by atoms with van der Waals surface area (Å²) < 4.78 is 0. The Balaban J connectivity index is 1.83. The Hall–Kier alpha value is -1.94. The van der Waals surface area contributed by atoms with Gasteiger partial charge in [0.2, 0.25) is 0 Å². The third kappa shape index (κ3) is 2.65. The molecule has 20 heavy (non-hydrogen) atoms. The summed E-state index contributed by atoms with van der Waals surface area (Å²) in [6.07, 6.45) is 7.00. The smallest absolute Gasteiger partial charge is 0.0457 e. The number of anilines is 1. The largest absolute Gasteiger partial charge is 0.359 e. The van der Waals surface area contributed by atoms with Crippen LogP contribution in [-0.2, 0) is 0 Å². The number of H-pyrrole nitrogens is 1. The fourth-order valence-electron chi connectivity index (χ4n) is 3.10. The highest BCUT2D eigenvalue weighted by Gasteiger charge is 2.19. The molecule has 1 heterocycles. The number of aromatic nitrogens is 1. The minimum absolute atomic E-state index is 0.592. The predicted octanol–water partition coefficient (Wildman–Crippen LogP) is 3.38. The van der Waals surface area contributed by atoms with E-state index in [-0.39, 0.29) is 0 Å². The SMILES string of the molecule is Cc1cc2cc(N/C(=C\NN)C3CCCC3)ccc2[nH]1. The van der Waals surface area contributed by atoms with E-state index in [1.165, 1.54) is 48.0 Å². The second kappa shape index (κ2) is 5.59. The number of fused-ring (bicyclic) bond motifs is 1. The minimum atomic E-state index is 0.592. The summed E-state index contributed by atoms with van der Waals surface area (Å²) in [6.45, 7) is 2.08. The van der Waals surface area contributed by atoms with Gasteiger partial charge in [0.1, 0.15) is 0 Å². The van der Waals surface area contributed by atoms with E-state index < -0.39 is 0 Å². The molecule has 4 nitrogen and oxygen atoms in total. The summed E-state index contributed by atoms with van der Waals surface area (Å²) in [7, 11) is 0. The first-order valence-corrected chi connectivity index (χ1v) is 7.29.